The molecule has 1 heteroatoms. The molecule has 0 atom stereocenters. The molecule has 19 heavy (non-hydrogen) atoms. The highest BCUT2D eigenvalue weighted by atomic mass is 16.5. The van der Waals surface area contributed by atoms with Crippen LogP contribution in [0.15, 0.2) is 12.7 Å². The third-order valence-electron chi connectivity index (χ3n) is 5.63. The molecule has 2 aliphatic carbocycles. The third-order valence-corrected chi connectivity index (χ3v) is 5.63. The number of allylic oxidation sites excluding steroid dienone is 1. The quantitative estimate of drug-likeness (QED) is 0.598. The molecule has 0 aromatic heterocycles. The molecule has 0 N–H and O–H groups in total. The minimum Gasteiger partial charge on any atom is -0.384 e. The summed E-state index contributed by atoms with van der Waals surface area (Å²) in [5.74, 6) is 3.93. The van der Waals surface area contributed by atoms with Gasteiger partial charge in [0, 0.05) is 13.7 Å². The van der Waals surface area contributed by atoms with E-state index in [1.807, 2.05) is 7.11 Å². The van der Waals surface area contributed by atoms with Gasteiger partial charge in [0.25, 0.3) is 0 Å². The fourth-order valence-corrected chi connectivity index (χ4v) is 4.36. The van der Waals surface area contributed by atoms with E-state index >= 15 is 0 Å². The normalized spacial score (nSPS) is 36.1. The highest BCUT2D eigenvalue weighted by Gasteiger charge is 2.30. The van der Waals surface area contributed by atoms with E-state index in [0.717, 1.165) is 30.3 Å². The minimum absolute atomic E-state index is 0.852. The Balaban J connectivity index is 1.66. The largest absolute Gasteiger partial charge is 0.384 e. The van der Waals surface area contributed by atoms with Crippen molar-refractivity contribution >= 4 is 0 Å². The maximum atomic E-state index is 5.31. The van der Waals surface area contributed by atoms with Crippen LogP contribution in [-0.4, -0.2) is 13.7 Å². The number of ether oxygens (including phenoxy) is 1. The summed E-state index contributed by atoms with van der Waals surface area (Å²) >= 11 is 0. The van der Waals surface area contributed by atoms with Crippen molar-refractivity contribution in [2.24, 2.45) is 23.7 Å². The van der Waals surface area contributed by atoms with Gasteiger partial charge >= 0.3 is 0 Å². The molecule has 0 saturated heterocycles. The van der Waals surface area contributed by atoms with E-state index in [9.17, 15) is 0 Å². The first-order valence-corrected chi connectivity index (χ1v) is 8.43. The van der Waals surface area contributed by atoms with E-state index in [-0.39, 0.29) is 0 Å². The van der Waals surface area contributed by atoms with Crippen LogP contribution in [0.1, 0.15) is 64.2 Å². The summed E-state index contributed by atoms with van der Waals surface area (Å²) in [5, 5.41) is 0. The van der Waals surface area contributed by atoms with E-state index in [1.165, 1.54) is 64.2 Å². The summed E-state index contributed by atoms with van der Waals surface area (Å²) in [7, 11) is 1.84. The van der Waals surface area contributed by atoms with Crippen molar-refractivity contribution in [2.75, 3.05) is 13.7 Å². The van der Waals surface area contributed by atoms with E-state index in [4.69, 9.17) is 4.74 Å². The lowest BCUT2D eigenvalue weighted by atomic mass is 9.69. The van der Waals surface area contributed by atoms with Gasteiger partial charge in [-0.15, -0.1) is 6.58 Å². The van der Waals surface area contributed by atoms with Gasteiger partial charge in [-0.2, -0.15) is 0 Å². The van der Waals surface area contributed by atoms with Crippen LogP contribution in [0.3, 0.4) is 0 Å². The summed E-state index contributed by atoms with van der Waals surface area (Å²) in [6.07, 6.45) is 16.4. The Morgan fingerprint density at radius 2 is 1.42 bits per heavy atom. The van der Waals surface area contributed by atoms with E-state index in [0.29, 0.717) is 0 Å². The fourth-order valence-electron chi connectivity index (χ4n) is 4.36. The molecule has 0 aromatic rings. The van der Waals surface area contributed by atoms with Crippen LogP contribution in [0.2, 0.25) is 0 Å². The molecule has 0 aliphatic heterocycles. The number of rotatable bonds is 6. The Morgan fingerprint density at radius 1 is 0.895 bits per heavy atom. The van der Waals surface area contributed by atoms with Crippen LogP contribution in [0.4, 0.5) is 0 Å². The van der Waals surface area contributed by atoms with E-state index in [1.54, 1.807) is 0 Å². The Morgan fingerprint density at radius 3 is 1.89 bits per heavy atom. The van der Waals surface area contributed by atoms with Crippen molar-refractivity contribution in [2.45, 2.75) is 64.2 Å². The first-order chi connectivity index (χ1) is 9.33. The van der Waals surface area contributed by atoms with Gasteiger partial charge in [0.1, 0.15) is 0 Å². The SMILES string of the molecule is C=CCC[C@H]1CC[C@H](C2CCC(COC)CC2)CC1. The Labute approximate surface area is 119 Å². The van der Waals surface area contributed by atoms with Crippen LogP contribution in [0.5, 0.6) is 0 Å². The van der Waals surface area contributed by atoms with Crippen LogP contribution in [-0.2, 0) is 4.74 Å². The molecule has 110 valence electrons. The molecule has 2 aliphatic rings. The van der Waals surface area contributed by atoms with Crippen LogP contribution < -0.4 is 0 Å². The van der Waals surface area contributed by atoms with Crippen LogP contribution >= 0.6 is 0 Å². The molecule has 0 aromatic carbocycles. The molecule has 0 heterocycles. The molecular formula is C18H32O. The smallest absolute Gasteiger partial charge is 0.0490 e. The molecule has 0 unspecified atom stereocenters. The second kappa shape index (κ2) is 8.09. The lowest BCUT2D eigenvalue weighted by molar-refractivity contribution is 0.0928. The molecule has 0 spiro atoms. The van der Waals surface area contributed by atoms with Gasteiger partial charge in [0.2, 0.25) is 0 Å². The fraction of sp³-hybridized carbons (Fsp3) is 0.889. The van der Waals surface area contributed by atoms with Crippen molar-refractivity contribution in [3.63, 3.8) is 0 Å². The Hall–Kier alpha value is -0.300. The summed E-state index contributed by atoms with van der Waals surface area (Å²) in [4.78, 5) is 0. The van der Waals surface area contributed by atoms with Gasteiger partial charge in [-0.25, -0.2) is 0 Å². The molecule has 2 rings (SSSR count). The summed E-state index contributed by atoms with van der Waals surface area (Å²) < 4.78 is 5.31. The zero-order valence-electron chi connectivity index (χ0n) is 12.8. The molecule has 1 nitrogen and oxygen atoms in total. The molecule has 2 fully saturated rings. The highest BCUT2D eigenvalue weighted by molar-refractivity contribution is 4.82. The van der Waals surface area contributed by atoms with Gasteiger partial charge in [-0.3, -0.25) is 0 Å². The topological polar surface area (TPSA) is 9.23 Å². The van der Waals surface area contributed by atoms with Crippen molar-refractivity contribution < 1.29 is 4.74 Å². The average Bonchev–Trinajstić information content (AvgIpc) is 2.47. The minimum atomic E-state index is 0.852. The zero-order valence-corrected chi connectivity index (χ0v) is 12.8. The van der Waals surface area contributed by atoms with Crippen LogP contribution in [0.25, 0.3) is 0 Å². The van der Waals surface area contributed by atoms with Gasteiger partial charge in [-0.05, 0) is 75.0 Å². The maximum absolute atomic E-state index is 5.31. The van der Waals surface area contributed by atoms with E-state index < -0.39 is 0 Å². The predicted octanol–water partition coefficient (Wildman–Crippen LogP) is 5.21. The highest BCUT2D eigenvalue weighted by Crippen LogP contribution is 2.42. The molecule has 2 saturated carbocycles. The van der Waals surface area contributed by atoms with Gasteiger partial charge < -0.3 is 4.74 Å². The molecule has 0 radical (unpaired) electrons. The van der Waals surface area contributed by atoms with Crippen molar-refractivity contribution in [1.29, 1.82) is 0 Å². The van der Waals surface area contributed by atoms with Crippen molar-refractivity contribution in [3.8, 4) is 0 Å². The maximum Gasteiger partial charge on any atom is 0.0490 e. The summed E-state index contributed by atoms with van der Waals surface area (Å²) in [6.45, 7) is 4.83. The number of hydrogen-bond donors (Lipinski definition) is 0. The number of hydrogen-bond acceptors (Lipinski definition) is 1. The second-order valence-electron chi connectivity index (χ2n) is 6.88. The monoisotopic (exact) mass is 264 g/mol. The average molecular weight is 264 g/mol. The third kappa shape index (κ3) is 4.63. The first-order valence-electron chi connectivity index (χ1n) is 8.43. The summed E-state index contributed by atoms with van der Waals surface area (Å²) in [6, 6.07) is 0. The Kier molecular flexibility index (Phi) is 6.43. The van der Waals surface area contributed by atoms with Crippen LogP contribution in [0, 0.1) is 23.7 Å². The lowest BCUT2D eigenvalue weighted by Gasteiger charge is -2.37. The Bertz CT molecular complexity index is 244. The summed E-state index contributed by atoms with van der Waals surface area (Å²) in [5.41, 5.74) is 0. The van der Waals surface area contributed by atoms with Crippen molar-refractivity contribution in [1.82, 2.24) is 0 Å². The predicted molar refractivity (Wildman–Crippen MR) is 82.2 cm³/mol. The molecular weight excluding hydrogens is 232 g/mol. The first kappa shape index (κ1) is 15.1. The zero-order chi connectivity index (χ0) is 13.5. The van der Waals surface area contributed by atoms with Crippen molar-refractivity contribution in [3.05, 3.63) is 12.7 Å². The van der Waals surface area contributed by atoms with Gasteiger partial charge in [0.05, 0.1) is 0 Å². The second-order valence-corrected chi connectivity index (χ2v) is 6.88. The van der Waals surface area contributed by atoms with Gasteiger partial charge in [-0.1, -0.05) is 18.9 Å². The standard InChI is InChI=1S/C18H32O/c1-3-4-5-15-6-10-17(11-7-15)18-12-8-16(9-13-18)14-19-2/h3,15-18H,1,4-14H2,2H3/t15-,16?,17-,18?. The number of methoxy groups -OCH3 is 1. The molecule has 0 amide bonds. The lowest BCUT2D eigenvalue weighted by Crippen LogP contribution is -2.27. The van der Waals surface area contributed by atoms with E-state index in [2.05, 4.69) is 12.7 Å². The molecule has 0 bridgehead atoms. The van der Waals surface area contributed by atoms with Gasteiger partial charge in [0.15, 0.2) is 0 Å².